The number of aliphatic carboxylic acids is 1. The highest BCUT2D eigenvalue weighted by Gasteiger charge is 2.38. The first-order valence-corrected chi connectivity index (χ1v) is 14.2. The minimum absolute atomic E-state index is 0.0133. The molecule has 0 atom stereocenters. The van der Waals surface area contributed by atoms with Crippen molar-refractivity contribution < 1.29 is 58.4 Å². The van der Waals surface area contributed by atoms with Crippen LogP contribution in [0.5, 0.6) is 0 Å². The molecule has 2 heterocycles. The van der Waals surface area contributed by atoms with Crippen LogP contribution in [0.1, 0.15) is 16.2 Å². The van der Waals surface area contributed by atoms with E-state index in [0.29, 0.717) is 11.5 Å². The highest BCUT2D eigenvalue weighted by atomic mass is 32.2. The number of halogens is 7. The molecule has 5 aromatic rings. The molecule has 11 nitrogen and oxygen atoms in total. The van der Waals surface area contributed by atoms with E-state index in [-0.39, 0.29) is 38.8 Å². The summed E-state index contributed by atoms with van der Waals surface area (Å²) < 4.78 is 117. The van der Waals surface area contributed by atoms with E-state index < -0.39 is 51.3 Å². The van der Waals surface area contributed by atoms with E-state index in [9.17, 15) is 39.6 Å². The second-order valence-electron chi connectivity index (χ2n) is 9.29. The number of carbonyl (C=O) groups excluding carboxylic acids is 1. The molecule has 3 aromatic carbocycles. The quantitative estimate of drug-likeness (QED) is 0.198. The maximum Gasteiger partial charge on any atom is 0.490 e. The molecule has 0 unspecified atom stereocenters. The second kappa shape index (κ2) is 12.1. The van der Waals surface area contributed by atoms with E-state index in [0.717, 1.165) is 17.0 Å². The molecule has 0 aliphatic carbocycles. The van der Waals surface area contributed by atoms with Gasteiger partial charge in [-0.3, -0.25) is 4.79 Å². The Labute approximate surface area is 252 Å². The lowest BCUT2D eigenvalue weighted by Gasteiger charge is -2.12. The molecular weight excluding hydrogens is 655 g/mol. The van der Waals surface area contributed by atoms with E-state index in [2.05, 4.69) is 15.6 Å². The molecule has 0 bridgehead atoms. The molecule has 0 saturated carbocycles. The van der Waals surface area contributed by atoms with Crippen LogP contribution < -0.4 is 11.1 Å². The normalized spacial score (nSPS) is 12.0. The van der Waals surface area contributed by atoms with Gasteiger partial charge < -0.3 is 20.7 Å². The molecule has 0 spiro atoms. The summed E-state index contributed by atoms with van der Waals surface area (Å²) in [5, 5.41) is 16.8. The summed E-state index contributed by atoms with van der Waals surface area (Å²) in [6.45, 7) is 0. The molecule has 0 radical (unpaired) electrons. The van der Waals surface area contributed by atoms with Crippen molar-refractivity contribution in [3.05, 3.63) is 83.9 Å². The average Bonchev–Trinajstić information content (AvgIpc) is 3.58. The lowest BCUT2D eigenvalue weighted by Crippen LogP contribution is -2.21. The summed E-state index contributed by atoms with van der Waals surface area (Å²) in [6, 6.07) is 14.2. The summed E-state index contributed by atoms with van der Waals surface area (Å²) >= 11 is 0. The van der Waals surface area contributed by atoms with Gasteiger partial charge in [-0.05, 0) is 42.0 Å². The van der Waals surface area contributed by atoms with Crippen LogP contribution in [0, 0.1) is 5.82 Å². The molecule has 1 amide bonds. The standard InChI is InChI=1S/C25H17F4N5O4S.C2HF3O2/c1-39(36,37)21-5-3-2-4-15(21)13-6-8-18(17(26)10-13)31-24(35)19-12-22(25(27,28)29)32-34(19)14-7-9-20-16(11-14)23(30)33-38-20;3-2(4,5)1(6)7/h2-12H,1H3,(H2,30,33)(H,31,35);(H,6,7). The number of hydrogen-bond acceptors (Lipinski definition) is 8. The topological polar surface area (TPSA) is 170 Å². The average molecular weight is 674 g/mol. The zero-order chi connectivity index (χ0) is 34.2. The number of sulfone groups is 1. The molecule has 0 aliphatic heterocycles. The van der Waals surface area contributed by atoms with Crippen molar-refractivity contribution in [1.29, 1.82) is 0 Å². The van der Waals surface area contributed by atoms with Gasteiger partial charge in [0.05, 0.1) is 21.7 Å². The zero-order valence-corrected chi connectivity index (χ0v) is 23.6. The largest absolute Gasteiger partial charge is 0.490 e. The molecule has 0 saturated heterocycles. The Kier molecular flexibility index (Phi) is 8.83. The molecular formula is C27H18F7N5O6S. The van der Waals surface area contributed by atoms with Crippen LogP contribution in [0.3, 0.4) is 0 Å². The van der Waals surface area contributed by atoms with Crippen molar-refractivity contribution >= 4 is 44.2 Å². The van der Waals surface area contributed by atoms with Gasteiger partial charge in [0.1, 0.15) is 11.5 Å². The lowest BCUT2D eigenvalue weighted by molar-refractivity contribution is -0.192. The van der Waals surface area contributed by atoms with E-state index >= 15 is 4.39 Å². The fourth-order valence-corrected chi connectivity index (χ4v) is 4.87. The minimum Gasteiger partial charge on any atom is -0.475 e. The van der Waals surface area contributed by atoms with E-state index in [4.69, 9.17) is 20.2 Å². The maximum absolute atomic E-state index is 15.0. The Balaban J connectivity index is 0.000000617. The van der Waals surface area contributed by atoms with Gasteiger partial charge in [0.25, 0.3) is 5.91 Å². The number of anilines is 2. The third-order valence-electron chi connectivity index (χ3n) is 6.02. The third-order valence-corrected chi connectivity index (χ3v) is 7.17. The maximum atomic E-state index is 15.0. The number of aromatic nitrogens is 3. The summed E-state index contributed by atoms with van der Waals surface area (Å²) in [7, 11) is -3.62. The number of carbonyl (C=O) groups is 2. The van der Waals surface area contributed by atoms with Crippen LogP contribution in [0.4, 0.5) is 42.2 Å². The number of nitrogen functional groups attached to an aromatic ring is 1. The van der Waals surface area contributed by atoms with Crippen LogP contribution in [0.25, 0.3) is 27.8 Å². The van der Waals surface area contributed by atoms with Crippen LogP contribution >= 0.6 is 0 Å². The number of nitrogens with two attached hydrogens (primary N) is 1. The van der Waals surface area contributed by atoms with Crippen molar-refractivity contribution in [2.45, 2.75) is 17.2 Å². The van der Waals surface area contributed by atoms with Gasteiger partial charge in [-0.15, -0.1) is 0 Å². The van der Waals surface area contributed by atoms with Crippen LogP contribution in [-0.4, -0.2) is 52.8 Å². The molecule has 2 aromatic heterocycles. The van der Waals surface area contributed by atoms with E-state index in [1.54, 1.807) is 6.07 Å². The number of hydrogen-bond donors (Lipinski definition) is 3. The Morgan fingerprint density at radius 1 is 0.978 bits per heavy atom. The molecule has 0 aliphatic rings. The molecule has 19 heteroatoms. The monoisotopic (exact) mass is 673 g/mol. The molecule has 46 heavy (non-hydrogen) atoms. The Hall–Kier alpha value is -5.46. The molecule has 4 N–H and O–H groups in total. The Morgan fingerprint density at radius 2 is 1.63 bits per heavy atom. The number of alkyl halides is 6. The fraction of sp³-hybridized carbons (Fsp3) is 0.111. The number of fused-ring (bicyclic) bond motifs is 1. The van der Waals surface area contributed by atoms with Gasteiger partial charge in [0.2, 0.25) is 0 Å². The van der Waals surface area contributed by atoms with Gasteiger partial charge in [-0.2, -0.15) is 31.4 Å². The van der Waals surface area contributed by atoms with Crippen molar-refractivity contribution in [1.82, 2.24) is 14.9 Å². The number of nitrogens with zero attached hydrogens (tertiary/aromatic N) is 3. The van der Waals surface area contributed by atoms with E-state index in [1.165, 1.54) is 48.5 Å². The van der Waals surface area contributed by atoms with E-state index in [1.807, 2.05) is 0 Å². The number of carboxylic acids is 1. The van der Waals surface area contributed by atoms with Gasteiger partial charge in [-0.25, -0.2) is 22.3 Å². The molecule has 242 valence electrons. The predicted molar refractivity (Wildman–Crippen MR) is 147 cm³/mol. The number of rotatable bonds is 5. The Bertz CT molecular complexity index is 2070. The number of amides is 1. The van der Waals surface area contributed by atoms with Gasteiger partial charge in [0, 0.05) is 17.9 Å². The summed E-state index contributed by atoms with van der Waals surface area (Å²) in [5.41, 5.74) is 4.28. The summed E-state index contributed by atoms with van der Waals surface area (Å²) in [5.74, 6) is -4.79. The first-order chi connectivity index (χ1) is 21.3. The van der Waals surface area contributed by atoms with Crippen molar-refractivity contribution in [2.75, 3.05) is 17.3 Å². The first kappa shape index (κ1) is 33.4. The van der Waals surface area contributed by atoms with Gasteiger partial charge in [-0.1, -0.05) is 29.4 Å². The minimum atomic E-state index is -5.08. The van der Waals surface area contributed by atoms with Crippen LogP contribution in [0.15, 0.2) is 76.1 Å². The smallest absolute Gasteiger partial charge is 0.475 e. The second-order valence-corrected chi connectivity index (χ2v) is 11.3. The predicted octanol–water partition coefficient (Wildman–Crippen LogP) is 5.71. The summed E-state index contributed by atoms with van der Waals surface area (Å²) in [6.07, 6.45) is -8.94. The van der Waals surface area contributed by atoms with Crippen LogP contribution in [-0.2, 0) is 20.8 Å². The molecule has 5 rings (SSSR count). The fourth-order valence-electron chi connectivity index (χ4n) is 3.95. The van der Waals surface area contributed by atoms with Crippen molar-refractivity contribution in [3.8, 4) is 16.8 Å². The summed E-state index contributed by atoms with van der Waals surface area (Å²) in [4.78, 5) is 22.0. The third kappa shape index (κ3) is 7.25. The first-order valence-electron chi connectivity index (χ1n) is 12.3. The van der Waals surface area contributed by atoms with Gasteiger partial charge >= 0.3 is 18.3 Å². The number of benzene rings is 3. The highest BCUT2D eigenvalue weighted by molar-refractivity contribution is 7.90. The number of nitrogens with one attached hydrogen (secondary N) is 1. The highest BCUT2D eigenvalue weighted by Crippen LogP contribution is 2.33. The lowest BCUT2D eigenvalue weighted by atomic mass is 10.0. The van der Waals surface area contributed by atoms with Crippen molar-refractivity contribution in [3.63, 3.8) is 0 Å². The Morgan fingerprint density at radius 3 is 2.22 bits per heavy atom. The van der Waals surface area contributed by atoms with Gasteiger partial charge in [0.15, 0.2) is 26.9 Å². The SMILES string of the molecule is CS(=O)(=O)c1ccccc1-c1ccc(NC(=O)c2cc(C(F)(F)F)nn2-c2ccc3onc(N)c3c2)c(F)c1.O=C(O)C(F)(F)F. The zero-order valence-electron chi connectivity index (χ0n) is 22.8. The van der Waals surface area contributed by atoms with Crippen LogP contribution in [0.2, 0.25) is 0 Å². The molecule has 0 fully saturated rings. The number of carboxylic acid groups (broad SMARTS) is 1. The van der Waals surface area contributed by atoms with Crippen molar-refractivity contribution in [2.24, 2.45) is 0 Å².